The second kappa shape index (κ2) is 8.41. The molecule has 0 unspecified atom stereocenters. The summed E-state index contributed by atoms with van der Waals surface area (Å²) in [7, 11) is 3.26. The van der Waals surface area contributed by atoms with Crippen molar-refractivity contribution >= 4 is 5.91 Å². The molecule has 5 nitrogen and oxygen atoms in total. The van der Waals surface area contributed by atoms with Crippen LogP contribution in [0.3, 0.4) is 0 Å². The minimum Gasteiger partial charge on any atom is -0.497 e. The van der Waals surface area contributed by atoms with Crippen LogP contribution in [0.1, 0.15) is 42.5 Å². The van der Waals surface area contributed by atoms with Gasteiger partial charge in [-0.1, -0.05) is 18.2 Å². The highest BCUT2D eigenvalue weighted by molar-refractivity contribution is 5.79. The lowest BCUT2D eigenvalue weighted by atomic mass is 9.94. The molecule has 2 fully saturated rings. The summed E-state index contributed by atoms with van der Waals surface area (Å²) < 4.78 is 25.0. The van der Waals surface area contributed by atoms with Crippen molar-refractivity contribution < 1.29 is 18.7 Å². The minimum atomic E-state index is -0.198. The van der Waals surface area contributed by atoms with Gasteiger partial charge in [0.05, 0.1) is 26.8 Å². The molecule has 2 atom stereocenters. The van der Waals surface area contributed by atoms with Gasteiger partial charge in [-0.05, 0) is 37.5 Å². The zero-order valence-electron chi connectivity index (χ0n) is 16.9. The van der Waals surface area contributed by atoms with Crippen molar-refractivity contribution in [1.29, 1.82) is 0 Å². The van der Waals surface area contributed by atoms with E-state index in [1.54, 1.807) is 20.3 Å². The molecule has 29 heavy (non-hydrogen) atoms. The number of ether oxygens (including phenoxy) is 2. The van der Waals surface area contributed by atoms with Gasteiger partial charge in [-0.2, -0.15) is 0 Å². The third-order valence-electron chi connectivity index (χ3n) is 6.11. The zero-order valence-corrected chi connectivity index (χ0v) is 16.9. The topological polar surface area (TPSA) is 42.0 Å². The van der Waals surface area contributed by atoms with E-state index in [2.05, 4.69) is 4.90 Å². The number of carbonyl (C=O) groups excluding carboxylic acids is 1. The van der Waals surface area contributed by atoms with Crippen LogP contribution < -0.4 is 9.47 Å². The Hall–Kier alpha value is -2.60. The molecular weight excluding hydrogens is 371 g/mol. The summed E-state index contributed by atoms with van der Waals surface area (Å²) >= 11 is 0. The van der Waals surface area contributed by atoms with Gasteiger partial charge < -0.3 is 14.4 Å². The van der Waals surface area contributed by atoms with Crippen LogP contribution in [0.4, 0.5) is 4.39 Å². The largest absolute Gasteiger partial charge is 0.497 e. The fourth-order valence-corrected chi connectivity index (χ4v) is 4.47. The van der Waals surface area contributed by atoms with Gasteiger partial charge in [-0.15, -0.1) is 0 Å². The molecule has 0 aromatic heterocycles. The van der Waals surface area contributed by atoms with Crippen LogP contribution in [0.25, 0.3) is 0 Å². The molecule has 0 aliphatic carbocycles. The van der Waals surface area contributed by atoms with E-state index in [0.29, 0.717) is 12.1 Å². The quantitative estimate of drug-likeness (QED) is 0.739. The highest BCUT2D eigenvalue weighted by Gasteiger charge is 2.37. The Morgan fingerprint density at radius 1 is 1.03 bits per heavy atom. The third-order valence-corrected chi connectivity index (χ3v) is 6.11. The molecule has 154 valence electrons. The molecule has 0 N–H and O–H groups in total. The van der Waals surface area contributed by atoms with Gasteiger partial charge in [-0.25, -0.2) is 4.39 Å². The van der Waals surface area contributed by atoms with Gasteiger partial charge >= 0.3 is 0 Å². The maximum Gasteiger partial charge on any atom is 0.237 e. The number of hydrogen-bond donors (Lipinski definition) is 0. The number of likely N-dealkylation sites (tertiary alicyclic amines) is 2. The van der Waals surface area contributed by atoms with E-state index < -0.39 is 0 Å². The molecule has 4 rings (SSSR count). The number of halogens is 1. The summed E-state index contributed by atoms with van der Waals surface area (Å²) in [6, 6.07) is 12.6. The average Bonchev–Trinajstić information content (AvgIpc) is 3.22. The maximum atomic E-state index is 14.2. The zero-order chi connectivity index (χ0) is 20.4. The second-order valence-corrected chi connectivity index (χ2v) is 7.65. The van der Waals surface area contributed by atoms with Crippen LogP contribution >= 0.6 is 0 Å². The van der Waals surface area contributed by atoms with Crippen molar-refractivity contribution in [3.63, 3.8) is 0 Å². The molecule has 0 spiro atoms. The molecule has 2 aliphatic rings. The van der Waals surface area contributed by atoms with E-state index in [0.717, 1.165) is 49.4 Å². The number of rotatable bonds is 6. The Bertz CT molecular complexity index is 888. The highest BCUT2D eigenvalue weighted by atomic mass is 19.1. The van der Waals surface area contributed by atoms with Crippen molar-refractivity contribution in [2.75, 3.05) is 33.9 Å². The first kappa shape index (κ1) is 19.7. The number of methoxy groups -OCH3 is 2. The summed E-state index contributed by atoms with van der Waals surface area (Å²) in [4.78, 5) is 17.2. The highest BCUT2D eigenvalue weighted by Crippen LogP contribution is 2.40. The van der Waals surface area contributed by atoms with Crippen LogP contribution in [0.2, 0.25) is 0 Å². The summed E-state index contributed by atoms with van der Waals surface area (Å²) in [5.74, 6) is 1.36. The molecule has 2 aromatic carbocycles. The molecule has 0 bridgehead atoms. The van der Waals surface area contributed by atoms with Crippen LogP contribution in [0, 0.1) is 5.82 Å². The lowest BCUT2D eigenvalue weighted by molar-refractivity contribution is -0.135. The summed E-state index contributed by atoms with van der Waals surface area (Å²) in [5.41, 5.74) is 1.69. The van der Waals surface area contributed by atoms with Gasteiger partial charge in [-0.3, -0.25) is 9.69 Å². The predicted octanol–water partition coefficient (Wildman–Crippen LogP) is 3.95. The van der Waals surface area contributed by atoms with Crippen molar-refractivity contribution in [2.45, 2.75) is 31.3 Å². The molecule has 6 heteroatoms. The summed E-state index contributed by atoms with van der Waals surface area (Å²) in [6.07, 6.45) is 2.75. The molecule has 2 aliphatic heterocycles. The first-order chi connectivity index (χ1) is 14.1. The van der Waals surface area contributed by atoms with Crippen LogP contribution in [0.15, 0.2) is 42.5 Å². The molecule has 0 saturated carbocycles. The number of carbonyl (C=O) groups is 1. The first-order valence-corrected chi connectivity index (χ1v) is 10.1. The summed E-state index contributed by atoms with van der Waals surface area (Å²) in [6.45, 7) is 1.86. The molecule has 2 heterocycles. The smallest absolute Gasteiger partial charge is 0.237 e. The Kier molecular flexibility index (Phi) is 5.72. The molecule has 1 amide bonds. The Labute approximate surface area is 171 Å². The van der Waals surface area contributed by atoms with E-state index in [4.69, 9.17) is 9.47 Å². The predicted molar refractivity (Wildman–Crippen MR) is 109 cm³/mol. The molecule has 2 saturated heterocycles. The van der Waals surface area contributed by atoms with E-state index >= 15 is 0 Å². The maximum absolute atomic E-state index is 14.2. The van der Waals surface area contributed by atoms with Gasteiger partial charge in [0.2, 0.25) is 5.91 Å². The van der Waals surface area contributed by atoms with Gasteiger partial charge in [0.1, 0.15) is 17.3 Å². The lowest BCUT2D eigenvalue weighted by Crippen LogP contribution is -2.48. The van der Waals surface area contributed by atoms with Crippen LogP contribution in [-0.4, -0.2) is 49.6 Å². The minimum absolute atomic E-state index is 0.00320. The second-order valence-electron chi connectivity index (χ2n) is 7.65. The number of benzene rings is 2. The Morgan fingerprint density at radius 3 is 2.55 bits per heavy atom. The number of hydrogen-bond acceptors (Lipinski definition) is 4. The van der Waals surface area contributed by atoms with E-state index in [9.17, 15) is 9.18 Å². The van der Waals surface area contributed by atoms with Gasteiger partial charge in [0.25, 0.3) is 0 Å². The van der Waals surface area contributed by atoms with Crippen molar-refractivity contribution in [2.24, 2.45) is 0 Å². The third kappa shape index (κ3) is 3.81. The number of amides is 1. The lowest BCUT2D eigenvalue weighted by Gasteiger charge is -2.42. The monoisotopic (exact) mass is 398 g/mol. The SMILES string of the molecule is COc1ccc([C@H]2CCCN2C(=O)CN2CC[C@H]2c2ccccc2F)c(OC)c1. The average molecular weight is 398 g/mol. The molecular formula is C23H27FN2O3. The fourth-order valence-electron chi connectivity index (χ4n) is 4.47. The Balaban J connectivity index is 1.48. The standard InChI is InChI=1S/C23H27FN2O3/c1-28-16-9-10-18(22(14-16)29-2)21-8-5-12-26(21)23(27)15-25-13-11-20(25)17-6-3-4-7-19(17)24/h3-4,6-7,9-10,14,20-21H,5,8,11-13,15H2,1-2H3/t20-,21+/m0/s1. The Morgan fingerprint density at radius 2 is 1.86 bits per heavy atom. The van der Waals surface area contributed by atoms with Gasteiger partial charge in [0.15, 0.2) is 0 Å². The molecule has 2 aromatic rings. The first-order valence-electron chi connectivity index (χ1n) is 10.1. The van der Waals surface area contributed by atoms with E-state index in [-0.39, 0.29) is 23.8 Å². The van der Waals surface area contributed by atoms with Crippen molar-refractivity contribution in [3.8, 4) is 11.5 Å². The summed E-state index contributed by atoms with van der Waals surface area (Å²) in [5, 5.41) is 0. The number of nitrogens with zero attached hydrogens (tertiary/aromatic N) is 2. The fraction of sp³-hybridized carbons (Fsp3) is 0.435. The van der Waals surface area contributed by atoms with Crippen molar-refractivity contribution in [3.05, 3.63) is 59.4 Å². The normalized spacial score (nSPS) is 21.7. The van der Waals surface area contributed by atoms with E-state index in [1.165, 1.54) is 6.07 Å². The van der Waals surface area contributed by atoms with Crippen molar-refractivity contribution in [1.82, 2.24) is 9.80 Å². The van der Waals surface area contributed by atoms with Crippen LogP contribution in [0.5, 0.6) is 11.5 Å². The molecule has 0 radical (unpaired) electrons. The van der Waals surface area contributed by atoms with E-state index in [1.807, 2.05) is 35.2 Å². The van der Waals surface area contributed by atoms with Crippen LogP contribution in [-0.2, 0) is 4.79 Å². The van der Waals surface area contributed by atoms with Gasteiger partial charge in [0, 0.05) is 36.3 Å².